The molecule has 35 heteroatoms. The van der Waals surface area contributed by atoms with Gasteiger partial charge in [0.25, 0.3) is 11.8 Å². The lowest BCUT2D eigenvalue weighted by Crippen LogP contribution is -2.54. The number of urea groups is 1. The van der Waals surface area contributed by atoms with Gasteiger partial charge in [0.1, 0.15) is 60.8 Å². The minimum atomic E-state index is -2.05. The summed E-state index contributed by atoms with van der Waals surface area (Å²) in [6.07, 6.45) is -13.3. The number of aliphatic hydroxyl groups is 11. The number of hydrogen-bond donors (Lipinski definition) is 20. The number of carbonyl (C=O) groups is 10. The van der Waals surface area contributed by atoms with E-state index in [2.05, 4.69) is 37.2 Å². The first-order valence-corrected chi connectivity index (χ1v) is 31.1. The Morgan fingerprint density at radius 3 is 1.54 bits per heavy atom. The number of aliphatic hydroxyl groups excluding tert-OH is 11. The fourth-order valence-electron chi connectivity index (χ4n) is 9.19. The molecule has 534 valence electrons. The number of rotatable bonds is 52. The Kier molecular flexibility index (Phi) is 40.9. The van der Waals surface area contributed by atoms with Crippen LogP contribution in [0.3, 0.4) is 0 Å². The van der Waals surface area contributed by atoms with Gasteiger partial charge >= 0.3 is 6.03 Å². The maximum Gasteiger partial charge on any atom is 0.312 e. The van der Waals surface area contributed by atoms with E-state index in [0.717, 1.165) is 17.1 Å². The molecule has 0 saturated carbocycles. The summed E-state index contributed by atoms with van der Waals surface area (Å²) in [5, 5.41) is 129. The Hall–Kier alpha value is -6.94. The molecule has 35 nitrogen and oxygen atoms in total. The van der Waals surface area contributed by atoms with Crippen LogP contribution in [-0.4, -0.2) is 290 Å². The fourth-order valence-corrected chi connectivity index (χ4v) is 9.19. The van der Waals surface area contributed by atoms with E-state index in [1.165, 1.54) is 4.90 Å². The number of benzene rings is 1. The zero-order valence-electron chi connectivity index (χ0n) is 53.1. The Labute approximate surface area is 544 Å². The van der Waals surface area contributed by atoms with E-state index < -0.39 is 164 Å². The van der Waals surface area contributed by atoms with Gasteiger partial charge in [-0.1, -0.05) is 26.0 Å². The van der Waals surface area contributed by atoms with Gasteiger partial charge in [-0.25, -0.2) is 4.79 Å². The van der Waals surface area contributed by atoms with Crippen molar-refractivity contribution in [2.75, 3.05) is 97.4 Å². The highest BCUT2D eigenvalue weighted by Crippen LogP contribution is 2.16. The van der Waals surface area contributed by atoms with E-state index in [9.17, 15) is 104 Å². The van der Waals surface area contributed by atoms with Crippen molar-refractivity contribution in [3.63, 3.8) is 0 Å². The molecule has 0 aromatic heterocycles. The monoisotopic (exact) mass is 1350 g/mol. The number of ether oxygens (including phenoxy) is 3. The Balaban J connectivity index is 2.06. The average molecular weight is 1350 g/mol. The first kappa shape index (κ1) is 83.2. The molecule has 0 bridgehead atoms. The van der Waals surface area contributed by atoms with Crippen LogP contribution in [0.2, 0.25) is 0 Å². The minimum Gasteiger partial charge on any atom is -0.394 e. The summed E-state index contributed by atoms with van der Waals surface area (Å²) >= 11 is 0. The predicted octanol–water partition coefficient (Wildman–Crippen LogP) is -7.58. The van der Waals surface area contributed by atoms with Crippen molar-refractivity contribution < 1.29 is 118 Å². The number of amides is 11. The predicted molar refractivity (Wildman–Crippen MR) is 331 cm³/mol. The van der Waals surface area contributed by atoms with E-state index in [4.69, 9.17) is 25.7 Å². The minimum absolute atomic E-state index is 0.0328. The molecule has 22 N–H and O–H groups in total. The summed E-state index contributed by atoms with van der Waals surface area (Å²) in [5.74, 6) is -6.24. The lowest BCUT2D eigenvalue weighted by Gasteiger charge is -2.33. The van der Waals surface area contributed by atoms with Gasteiger partial charge in [-0.15, -0.1) is 0 Å². The number of nitrogens with zero attached hydrogens (tertiary/aromatic N) is 2. The third kappa shape index (κ3) is 32.9. The molecule has 2 rings (SSSR count). The van der Waals surface area contributed by atoms with Crippen molar-refractivity contribution in [3.05, 3.63) is 42.0 Å². The second-order valence-corrected chi connectivity index (χ2v) is 22.7. The van der Waals surface area contributed by atoms with E-state index in [1.807, 2.05) is 0 Å². The molecule has 94 heavy (non-hydrogen) atoms. The standard InChI is InChI=1S/C59H99N11O24/c1-35(2)50(58(90)67-40(10-7-21-63-59(61)91)56(88)64-37-13-11-36(32-71)12-14-37)68-46(79)16-15-45(78)62-20-5-3-8-38(55(60)87)66-57(89)39(65-47(80)19-24-92-26-28-94-29-27-93-25-23-70-48(81)17-18-49(70)82)9-4-6-22-69(30-41(74)51(83)53(85)43(76)33-72)31-42(75)52(84)54(86)44(77)34-73/h11-14,17-18,35,38-44,50-54,71-77,83-86H,3-10,15-16,19-34H2,1-2H3,(H2,60,87)(H,62,78)(H,64,88)(H,65,80)(H,66,89)(H,67,90)(H,68,79)(H3,61,63,91)/t38-,39-,40-,41-,42-,43+,44+,50-,51+,52+,53+,54+/m0/s1. The molecule has 0 aliphatic carbocycles. The van der Waals surface area contributed by atoms with Crippen LogP contribution in [0, 0.1) is 5.92 Å². The fraction of sp³-hybridized carbons (Fsp3) is 0.695. The highest BCUT2D eigenvalue weighted by molar-refractivity contribution is 6.12. The summed E-state index contributed by atoms with van der Waals surface area (Å²) in [4.78, 5) is 130. The Morgan fingerprint density at radius 1 is 0.521 bits per heavy atom. The number of anilines is 1. The Bertz CT molecular complexity index is 2470. The molecule has 1 aromatic rings. The van der Waals surface area contributed by atoms with Gasteiger partial charge in [-0.3, -0.25) is 53.0 Å². The zero-order chi connectivity index (χ0) is 70.3. The molecular weight excluding hydrogens is 1250 g/mol. The van der Waals surface area contributed by atoms with Gasteiger partial charge in [0, 0.05) is 63.3 Å². The zero-order valence-corrected chi connectivity index (χ0v) is 53.1. The van der Waals surface area contributed by atoms with Gasteiger partial charge in [0.2, 0.25) is 41.4 Å². The van der Waals surface area contributed by atoms with Gasteiger partial charge in [-0.05, 0) is 81.5 Å². The SMILES string of the molecule is CC(C)[C@H](NC(=O)CCC(=O)NCCCC[C@H](NC(=O)[C@H](CCCCN(C[C@H](O)[C@@H](O)[C@H](O)[C@H](O)CO)C[C@H](O)[C@@H](O)[C@H](O)[C@H](O)CO)NC(=O)CCOCCOCCOCCN1C(=O)C=CC1=O)C(N)=O)C(=O)N[C@@H](CCCNC(N)=O)C(=O)Nc1ccc(CO)cc1. The number of imide groups is 1. The molecule has 12 atom stereocenters. The summed E-state index contributed by atoms with van der Waals surface area (Å²) in [6.45, 7) is 0.577. The van der Waals surface area contributed by atoms with Crippen LogP contribution in [0.5, 0.6) is 0 Å². The molecule has 11 amide bonds. The van der Waals surface area contributed by atoms with Crippen molar-refractivity contribution in [2.45, 2.75) is 164 Å². The number of nitrogens with two attached hydrogens (primary N) is 2. The van der Waals surface area contributed by atoms with Gasteiger partial charge in [-0.2, -0.15) is 0 Å². The lowest BCUT2D eigenvalue weighted by molar-refractivity contribution is -0.138. The van der Waals surface area contributed by atoms with E-state index in [0.29, 0.717) is 11.3 Å². The molecule has 0 fully saturated rings. The van der Waals surface area contributed by atoms with Crippen molar-refractivity contribution in [1.82, 2.24) is 41.7 Å². The van der Waals surface area contributed by atoms with Gasteiger partial charge < -0.3 is 119 Å². The highest BCUT2D eigenvalue weighted by atomic mass is 16.5. The van der Waals surface area contributed by atoms with Crippen LogP contribution in [0.1, 0.15) is 90.0 Å². The molecule has 1 aliphatic heterocycles. The molecular formula is C59H99N11O24. The number of hydrogen-bond acceptors (Lipinski definition) is 25. The molecule has 0 radical (unpaired) electrons. The molecule has 0 spiro atoms. The first-order valence-electron chi connectivity index (χ1n) is 31.1. The molecule has 1 heterocycles. The maximum absolute atomic E-state index is 13.9. The number of unbranched alkanes of at least 4 members (excludes halogenated alkanes) is 2. The van der Waals surface area contributed by atoms with Crippen LogP contribution >= 0.6 is 0 Å². The molecule has 0 unspecified atom stereocenters. The summed E-state index contributed by atoms with van der Waals surface area (Å²) in [7, 11) is 0. The normalized spacial score (nSPS) is 16.2. The molecule has 1 aromatic carbocycles. The number of carbonyl (C=O) groups excluding carboxylic acids is 10. The van der Waals surface area contributed by atoms with Crippen LogP contribution in [0.15, 0.2) is 36.4 Å². The van der Waals surface area contributed by atoms with Gasteiger partial charge in [0.15, 0.2) is 0 Å². The number of primary amides is 2. The second kappa shape index (κ2) is 46.2. The van der Waals surface area contributed by atoms with Crippen LogP contribution in [-0.2, 0) is 64.0 Å². The van der Waals surface area contributed by atoms with Crippen molar-refractivity contribution in [3.8, 4) is 0 Å². The van der Waals surface area contributed by atoms with Crippen LogP contribution in [0.4, 0.5) is 10.5 Å². The van der Waals surface area contributed by atoms with E-state index >= 15 is 0 Å². The van der Waals surface area contributed by atoms with Crippen molar-refractivity contribution in [1.29, 1.82) is 0 Å². The highest BCUT2D eigenvalue weighted by Gasteiger charge is 2.35. The van der Waals surface area contributed by atoms with Crippen LogP contribution < -0.4 is 48.7 Å². The smallest absolute Gasteiger partial charge is 0.312 e. The Morgan fingerprint density at radius 2 is 1.00 bits per heavy atom. The van der Waals surface area contributed by atoms with Crippen LogP contribution in [0.25, 0.3) is 0 Å². The first-order chi connectivity index (χ1) is 44.6. The lowest BCUT2D eigenvalue weighted by atomic mass is 10.0. The summed E-state index contributed by atoms with van der Waals surface area (Å²) in [5.41, 5.74) is 11.8. The largest absolute Gasteiger partial charge is 0.394 e. The third-order valence-electron chi connectivity index (χ3n) is 14.7. The average Bonchev–Trinajstić information content (AvgIpc) is 1.37. The third-order valence-corrected chi connectivity index (χ3v) is 14.7. The van der Waals surface area contributed by atoms with Crippen molar-refractivity contribution in [2.24, 2.45) is 17.4 Å². The second-order valence-electron chi connectivity index (χ2n) is 22.7. The van der Waals surface area contributed by atoms with Crippen molar-refractivity contribution >= 4 is 64.9 Å². The number of nitrogens with one attached hydrogen (secondary N) is 7. The van der Waals surface area contributed by atoms with Gasteiger partial charge in [0.05, 0.1) is 78.2 Å². The maximum atomic E-state index is 13.9. The molecule has 0 saturated heterocycles. The topological polar surface area (TPSA) is 564 Å². The molecule has 1 aliphatic rings. The van der Waals surface area contributed by atoms with E-state index in [-0.39, 0.29) is 143 Å². The summed E-state index contributed by atoms with van der Waals surface area (Å²) < 4.78 is 16.3. The van der Waals surface area contributed by atoms with E-state index in [1.54, 1.807) is 38.1 Å². The quantitative estimate of drug-likeness (QED) is 0.0213. The summed E-state index contributed by atoms with van der Waals surface area (Å²) in [6, 6.07) is 0.698.